The number of halogens is 3. The Morgan fingerprint density at radius 3 is 2.71 bits per heavy atom. The van der Waals surface area contributed by atoms with Gasteiger partial charge in [0.25, 0.3) is 0 Å². The minimum Gasteiger partial charge on any atom is -0.309 e. The highest BCUT2D eigenvalue weighted by Gasteiger charge is 2.17. The Balaban J connectivity index is 2.26. The third-order valence-corrected chi connectivity index (χ3v) is 6.45. The molecular formula is C16H18Br2FNS. The molecule has 0 amide bonds. The summed E-state index contributed by atoms with van der Waals surface area (Å²) >= 11 is 8.69. The summed E-state index contributed by atoms with van der Waals surface area (Å²) in [5.74, 6) is -0.203. The summed E-state index contributed by atoms with van der Waals surface area (Å²) < 4.78 is 15.4. The molecule has 1 heterocycles. The number of hydrogen-bond acceptors (Lipinski definition) is 2. The third kappa shape index (κ3) is 4.38. The van der Waals surface area contributed by atoms with Gasteiger partial charge in [0.1, 0.15) is 5.82 Å². The van der Waals surface area contributed by atoms with Crippen molar-refractivity contribution in [1.29, 1.82) is 0 Å². The summed E-state index contributed by atoms with van der Waals surface area (Å²) in [6.45, 7) is 5.20. The van der Waals surface area contributed by atoms with Crippen LogP contribution in [0.25, 0.3) is 0 Å². The van der Waals surface area contributed by atoms with Crippen LogP contribution in [0.15, 0.2) is 32.5 Å². The predicted octanol–water partition coefficient (Wildman–Crippen LogP) is 6.00. The fraction of sp³-hybridized carbons (Fsp3) is 0.375. The summed E-state index contributed by atoms with van der Waals surface area (Å²) in [6.07, 6.45) is 1.84. The Morgan fingerprint density at radius 2 is 2.10 bits per heavy atom. The molecule has 1 unspecified atom stereocenters. The molecule has 5 heteroatoms. The minimum atomic E-state index is -0.203. The van der Waals surface area contributed by atoms with E-state index in [9.17, 15) is 4.39 Å². The van der Waals surface area contributed by atoms with Gasteiger partial charge >= 0.3 is 0 Å². The molecule has 0 saturated carbocycles. The average molecular weight is 435 g/mol. The lowest BCUT2D eigenvalue weighted by molar-refractivity contribution is 0.532. The summed E-state index contributed by atoms with van der Waals surface area (Å²) in [7, 11) is 0. The van der Waals surface area contributed by atoms with Gasteiger partial charge in [0.2, 0.25) is 0 Å². The van der Waals surface area contributed by atoms with E-state index in [0.717, 1.165) is 24.9 Å². The van der Waals surface area contributed by atoms with Crippen LogP contribution in [0.1, 0.15) is 35.4 Å². The van der Waals surface area contributed by atoms with Crippen molar-refractivity contribution in [3.8, 4) is 0 Å². The number of thiophene rings is 1. The molecule has 0 aliphatic heterocycles. The van der Waals surface area contributed by atoms with Crippen LogP contribution in [0.2, 0.25) is 0 Å². The normalized spacial score (nSPS) is 12.6. The van der Waals surface area contributed by atoms with Crippen molar-refractivity contribution in [2.45, 2.75) is 32.7 Å². The quantitative estimate of drug-likeness (QED) is 0.587. The monoisotopic (exact) mass is 433 g/mol. The van der Waals surface area contributed by atoms with Gasteiger partial charge in [-0.05, 0) is 81.4 Å². The maximum absolute atomic E-state index is 13.7. The first-order valence-electron chi connectivity index (χ1n) is 6.95. The van der Waals surface area contributed by atoms with Crippen LogP contribution in [0.5, 0.6) is 0 Å². The largest absolute Gasteiger partial charge is 0.309 e. The summed E-state index contributed by atoms with van der Waals surface area (Å²) in [5, 5.41) is 3.57. The van der Waals surface area contributed by atoms with Gasteiger partial charge in [-0.3, -0.25) is 0 Å². The Kier molecular flexibility index (Phi) is 6.41. The van der Waals surface area contributed by atoms with E-state index in [1.807, 2.05) is 6.07 Å². The van der Waals surface area contributed by atoms with Crippen LogP contribution in [-0.4, -0.2) is 6.54 Å². The molecule has 2 rings (SSSR count). The van der Waals surface area contributed by atoms with Gasteiger partial charge in [-0.25, -0.2) is 4.39 Å². The maximum Gasteiger partial charge on any atom is 0.137 e. The van der Waals surface area contributed by atoms with E-state index in [1.54, 1.807) is 17.4 Å². The molecule has 1 N–H and O–H groups in total. The summed E-state index contributed by atoms with van der Waals surface area (Å²) in [4.78, 5) is 1.28. The fourth-order valence-corrected chi connectivity index (χ4v) is 4.25. The zero-order valence-electron chi connectivity index (χ0n) is 12.1. The number of aryl methyl sites for hydroxylation is 1. The van der Waals surface area contributed by atoms with E-state index >= 15 is 0 Å². The van der Waals surface area contributed by atoms with E-state index < -0.39 is 0 Å². The van der Waals surface area contributed by atoms with Crippen LogP contribution in [-0.2, 0) is 6.42 Å². The SMILES string of the molecule is CCCNC(Cc1cccc(F)c1Br)c1cc(C)c(Br)s1. The Bertz CT molecular complexity index is 593. The Morgan fingerprint density at radius 1 is 1.33 bits per heavy atom. The molecule has 1 atom stereocenters. The van der Waals surface area contributed by atoms with Crippen LogP contribution in [0, 0.1) is 12.7 Å². The molecule has 0 aliphatic carbocycles. The van der Waals surface area contributed by atoms with Crippen molar-refractivity contribution < 1.29 is 4.39 Å². The van der Waals surface area contributed by atoms with Crippen LogP contribution >= 0.6 is 43.2 Å². The maximum atomic E-state index is 13.7. The number of benzene rings is 1. The molecule has 0 saturated heterocycles. The number of rotatable bonds is 6. The van der Waals surface area contributed by atoms with Crippen LogP contribution in [0.4, 0.5) is 4.39 Å². The van der Waals surface area contributed by atoms with E-state index in [4.69, 9.17) is 0 Å². The second-order valence-corrected chi connectivity index (χ2v) is 8.22. The van der Waals surface area contributed by atoms with Gasteiger partial charge in [-0.15, -0.1) is 11.3 Å². The first-order valence-corrected chi connectivity index (χ1v) is 9.35. The second kappa shape index (κ2) is 7.86. The zero-order chi connectivity index (χ0) is 15.4. The molecule has 0 bridgehead atoms. The second-order valence-electron chi connectivity index (χ2n) is 5.03. The predicted molar refractivity (Wildman–Crippen MR) is 95.6 cm³/mol. The highest BCUT2D eigenvalue weighted by Crippen LogP contribution is 2.34. The Labute approximate surface area is 146 Å². The molecule has 2 aromatic rings. The van der Waals surface area contributed by atoms with Crippen molar-refractivity contribution >= 4 is 43.2 Å². The lowest BCUT2D eigenvalue weighted by Crippen LogP contribution is -2.23. The van der Waals surface area contributed by atoms with Crippen molar-refractivity contribution in [3.63, 3.8) is 0 Å². The molecule has 0 aliphatic rings. The van der Waals surface area contributed by atoms with Gasteiger partial charge < -0.3 is 5.32 Å². The lowest BCUT2D eigenvalue weighted by Gasteiger charge is -2.18. The summed E-state index contributed by atoms with van der Waals surface area (Å²) in [5.41, 5.74) is 2.24. The first-order chi connectivity index (χ1) is 10.0. The fourth-order valence-electron chi connectivity index (χ4n) is 2.17. The van der Waals surface area contributed by atoms with Crippen molar-refractivity contribution in [2.75, 3.05) is 6.54 Å². The molecule has 1 aromatic carbocycles. The van der Waals surface area contributed by atoms with E-state index in [0.29, 0.717) is 4.47 Å². The Hall–Kier alpha value is -0.230. The molecule has 1 aromatic heterocycles. The molecule has 21 heavy (non-hydrogen) atoms. The minimum absolute atomic E-state index is 0.203. The van der Waals surface area contributed by atoms with Gasteiger partial charge in [0.15, 0.2) is 0 Å². The first kappa shape index (κ1) is 17.1. The highest BCUT2D eigenvalue weighted by atomic mass is 79.9. The average Bonchev–Trinajstić information content (AvgIpc) is 2.79. The summed E-state index contributed by atoms with van der Waals surface area (Å²) in [6, 6.07) is 7.63. The molecule has 1 nitrogen and oxygen atoms in total. The van der Waals surface area contributed by atoms with Crippen molar-refractivity contribution in [1.82, 2.24) is 5.32 Å². The van der Waals surface area contributed by atoms with Gasteiger partial charge in [0, 0.05) is 10.9 Å². The number of nitrogens with one attached hydrogen (secondary N) is 1. The van der Waals surface area contributed by atoms with Gasteiger partial charge in [0.05, 0.1) is 8.26 Å². The standard InChI is InChI=1S/C16H18Br2FNS/c1-3-7-20-13(14-8-10(2)16(18)21-14)9-11-5-4-6-12(19)15(11)17/h4-6,8,13,20H,3,7,9H2,1-2H3. The lowest BCUT2D eigenvalue weighted by atomic mass is 10.0. The molecular weight excluding hydrogens is 417 g/mol. The van der Waals surface area contributed by atoms with Crippen molar-refractivity contribution in [2.24, 2.45) is 0 Å². The van der Waals surface area contributed by atoms with Crippen LogP contribution < -0.4 is 5.32 Å². The topological polar surface area (TPSA) is 12.0 Å². The van der Waals surface area contributed by atoms with E-state index in [2.05, 4.69) is 57.1 Å². The zero-order valence-corrected chi connectivity index (χ0v) is 16.0. The third-order valence-electron chi connectivity index (χ3n) is 3.32. The van der Waals surface area contributed by atoms with Crippen molar-refractivity contribution in [3.05, 3.63) is 54.3 Å². The molecule has 0 radical (unpaired) electrons. The van der Waals surface area contributed by atoms with E-state index in [-0.39, 0.29) is 11.9 Å². The molecule has 114 valence electrons. The molecule has 0 spiro atoms. The number of hydrogen-bond donors (Lipinski definition) is 1. The highest BCUT2D eigenvalue weighted by molar-refractivity contribution is 9.11. The smallest absolute Gasteiger partial charge is 0.137 e. The molecule has 0 fully saturated rings. The van der Waals surface area contributed by atoms with Gasteiger partial charge in [-0.2, -0.15) is 0 Å². The van der Waals surface area contributed by atoms with E-state index in [1.165, 1.54) is 20.3 Å². The van der Waals surface area contributed by atoms with Gasteiger partial charge in [-0.1, -0.05) is 19.1 Å². The van der Waals surface area contributed by atoms with Crippen LogP contribution in [0.3, 0.4) is 0 Å².